The van der Waals surface area contributed by atoms with Crippen molar-refractivity contribution in [2.45, 2.75) is 46.3 Å². The number of benzene rings is 1. The zero-order valence-electron chi connectivity index (χ0n) is 21.9. The minimum absolute atomic E-state index is 0.213. The van der Waals surface area contributed by atoms with Gasteiger partial charge in [0, 0.05) is 38.2 Å². The molecule has 0 amide bonds. The average molecular weight is 507 g/mol. The maximum atomic E-state index is 11.8. The number of ether oxygens (including phenoxy) is 3. The third-order valence-corrected chi connectivity index (χ3v) is 7.33. The topological polar surface area (TPSA) is 99.3 Å². The first-order valence-corrected chi connectivity index (χ1v) is 15.6. The van der Waals surface area contributed by atoms with Gasteiger partial charge < -0.3 is 18.8 Å². The summed E-state index contributed by atoms with van der Waals surface area (Å²) in [4.78, 5) is 20.9. The van der Waals surface area contributed by atoms with Crippen molar-refractivity contribution in [2.75, 3.05) is 20.3 Å². The van der Waals surface area contributed by atoms with Crippen molar-refractivity contribution in [3.05, 3.63) is 54.5 Å². The maximum Gasteiger partial charge on any atom is 0.314 e. The lowest BCUT2D eigenvalue weighted by Crippen LogP contribution is -2.32. The van der Waals surface area contributed by atoms with Gasteiger partial charge in [0.25, 0.3) is 0 Å². The number of hydrogen-bond acceptors (Lipinski definition) is 7. The molecule has 190 valence electrons. The first kappa shape index (κ1) is 27.1. The van der Waals surface area contributed by atoms with Gasteiger partial charge in [0.05, 0.1) is 18.2 Å². The lowest BCUT2D eigenvalue weighted by atomic mass is 9.95. The third-order valence-electron chi connectivity index (χ3n) is 5.63. The highest BCUT2D eigenvalue weighted by molar-refractivity contribution is 6.76. The molecule has 9 heteroatoms. The van der Waals surface area contributed by atoms with Crippen molar-refractivity contribution >= 4 is 14.0 Å². The predicted molar refractivity (Wildman–Crippen MR) is 141 cm³/mol. The molecular weight excluding hydrogens is 472 g/mol. The first-order chi connectivity index (χ1) is 17.0. The molecule has 0 bridgehead atoms. The second-order valence-electron chi connectivity index (χ2n) is 10.5. The Kier molecular flexibility index (Phi) is 8.66. The summed E-state index contributed by atoms with van der Waals surface area (Å²) in [5.41, 5.74) is 2.14. The number of pyridine rings is 1. The van der Waals surface area contributed by atoms with Gasteiger partial charge in [-0.3, -0.25) is 9.78 Å². The van der Waals surface area contributed by atoms with E-state index in [4.69, 9.17) is 14.2 Å². The Balaban J connectivity index is 1.68. The van der Waals surface area contributed by atoms with Crippen LogP contribution < -0.4 is 4.74 Å². The maximum absolute atomic E-state index is 11.8. The Hall–Kier alpha value is -3.48. The second kappa shape index (κ2) is 11.5. The van der Waals surface area contributed by atoms with Crippen LogP contribution in [0.15, 0.2) is 48.8 Å². The highest BCUT2D eigenvalue weighted by Crippen LogP contribution is 2.26. The van der Waals surface area contributed by atoms with Gasteiger partial charge in [-0.25, -0.2) is 4.98 Å². The summed E-state index contributed by atoms with van der Waals surface area (Å²) >= 11 is 0. The summed E-state index contributed by atoms with van der Waals surface area (Å²) in [6, 6.07) is 14.6. The molecule has 0 aliphatic rings. The Morgan fingerprint density at radius 2 is 1.81 bits per heavy atom. The Morgan fingerprint density at radius 1 is 1.11 bits per heavy atom. The van der Waals surface area contributed by atoms with Gasteiger partial charge in [-0.05, 0) is 56.3 Å². The summed E-state index contributed by atoms with van der Waals surface area (Å²) in [6.07, 6.45) is 3.46. The van der Waals surface area contributed by atoms with Crippen LogP contribution in [0.5, 0.6) is 5.75 Å². The lowest BCUT2D eigenvalue weighted by molar-refractivity contribution is -0.152. The third kappa shape index (κ3) is 7.26. The molecule has 0 aliphatic heterocycles. The van der Waals surface area contributed by atoms with Crippen molar-refractivity contribution in [3.8, 4) is 34.5 Å². The molecule has 8 nitrogen and oxygen atoms in total. The molecule has 2 aromatic heterocycles. The fourth-order valence-electron chi connectivity index (χ4n) is 3.36. The number of rotatable bonds is 11. The van der Waals surface area contributed by atoms with Gasteiger partial charge in [-0.1, -0.05) is 19.6 Å². The van der Waals surface area contributed by atoms with E-state index in [-0.39, 0.29) is 12.6 Å². The molecule has 0 unspecified atom stereocenters. The number of methoxy groups -OCH3 is 1. The van der Waals surface area contributed by atoms with Crippen LogP contribution in [0.4, 0.5) is 0 Å². The summed E-state index contributed by atoms with van der Waals surface area (Å²) in [5, 5.41) is 9.33. The van der Waals surface area contributed by atoms with Gasteiger partial charge in [-0.15, -0.1) is 0 Å². The van der Waals surface area contributed by atoms with E-state index in [1.54, 1.807) is 26.2 Å². The van der Waals surface area contributed by atoms with Crippen LogP contribution in [0.3, 0.4) is 0 Å². The van der Waals surface area contributed by atoms with E-state index in [1.165, 1.54) is 7.11 Å². The molecule has 0 atom stereocenters. The lowest BCUT2D eigenvalue weighted by Gasteiger charge is -2.21. The van der Waals surface area contributed by atoms with E-state index >= 15 is 0 Å². The minimum atomic E-state index is -1.18. The van der Waals surface area contributed by atoms with E-state index < -0.39 is 13.5 Å². The number of nitrogens with zero attached hydrogens (tertiary/aromatic N) is 4. The Morgan fingerprint density at radius 3 is 2.39 bits per heavy atom. The number of carbonyl (C=O) groups is 1. The van der Waals surface area contributed by atoms with Gasteiger partial charge in [-0.2, -0.15) is 5.26 Å². The quantitative estimate of drug-likeness (QED) is 0.196. The molecule has 0 aliphatic carbocycles. The highest BCUT2D eigenvalue weighted by atomic mass is 28.3. The van der Waals surface area contributed by atoms with Gasteiger partial charge in [0.15, 0.2) is 5.69 Å². The number of carbonyl (C=O) groups excluding carboxylic acids is 1. The Labute approximate surface area is 213 Å². The van der Waals surface area contributed by atoms with Crippen LogP contribution in [-0.2, 0) is 21.0 Å². The molecule has 0 N–H and O–H groups in total. The van der Waals surface area contributed by atoms with Crippen molar-refractivity contribution in [1.29, 1.82) is 5.26 Å². The molecule has 2 heterocycles. The molecule has 3 rings (SSSR count). The standard InChI is InChI=1S/C27H34N4O4Si/c1-27(2,26(32)33-3)18-35-23-10-7-20(8-11-23)24-12-9-21(16-29-24)25-30-22(15-28)17-31(25)19-34-13-14-36(4,5)6/h7-12,16-17H,13-14,18-19H2,1-6H3. The number of aromatic nitrogens is 3. The SMILES string of the molecule is COC(=O)C(C)(C)COc1ccc(-c2ccc(-c3nc(C#N)cn3COCC[Si](C)(C)C)cn2)cc1. The van der Waals surface area contributed by atoms with Crippen LogP contribution >= 0.6 is 0 Å². The number of nitriles is 1. The van der Waals surface area contributed by atoms with Crippen LogP contribution in [0, 0.1) is 16.7 Å². The fraction of sp³-hybridized carbons (Fsp3) is 0.407. The smallest absolute Gasteiger partial charge is 0.314 e. The van der Waals surface area contributed by atoms with E-state index in [9.17, 15) is 10.1 Å². The van der Waals surface area contributed by atoms with Crippen molar-refractivity contribution in [3.63, 3.8) is 0 Å². The molecule has 36 heavy (non-hydrogen) atoms. The molecule has 3 aromatic rings. The number of esters is 1. The molecule has 0 fully saturated rings. The van der Waals surface area contributed by atoms with Gasteiger partial charge >= 0.3 is 5.97 Å². The van der Waals surface area contributed by atoms with Gasteiger partial charge in [0.2, 0.25) is 0 Å². The molecule has 0 saturated heterocycles. The summed E-state index contributed by atoms with van der Waals surface area (Å²) < 4.78 is 18.3. The highest BCUT2D eigenvalue weighted by Gasteiger charge is 2.29. The summed E-state index contributed by atoms with van der Waals surface area (Å²) in [6.45, 7) is 11.7. The minimum Gasteiger partial charge on any atom is -0.492 e. The zero-order valence-corrected chi connectivity index (χ0v) is 22.9. The zero-order chi connectivity index (χ0) is 26.3. The molecule has 0 saturated carbocycles. The molecule has 1 aromatic carbocycles. The fourth-order valence-corrected chi connectivity index (χ4v) is 4.11. The van der Waals surface area contributed by atoms with Crippen LogP contribution in [0.25, 0.3) is 22.6 Å². The normalized spacial score (nSPS) is 11.7. The molecule has 0 radical (unpaired) electrons. The largest absolute Gasteiger partial charge is 0.492 e. The van der Waals surface area contributed by atoms with E-state index in [2.05, 4.69) is 35.7 Å². The second-order valence-corrected chi connectivity index (χ2v) is 16.1. The average Bonchev–Trinajstić information content (AvgIpc) is 3.28. The van der Waals surface area contributed by atoms with Crippen molar-refractivity contribution in [1.82, 2.24) is 14.5 Å². The van der Waals surface area contributed by atoms with Crippen LogP contribution in [0.1, 0.15) is 19.5 Å². The van der Waals surface area contributed by atoms with E-state index in [0.29, 0.717) is 30.6 Å². The van der Waals surface area contributed by atoms with E-state index in [1.807, 2.05) is 41.0 Å². The molecule has 0 spiro atoms. The Bertz CT molecular complexity index is 1210. The van der Waals surface area contributed by atoms with Crippen LogP contribution in [0.2, 0.25) is 25.7 Å². The van der Waals surface area contributed by atoms with Crippen molar-refractivity contribution in [2.24, 2.45) is 5.41 Å². The van der Waals surface area contributed by atoms with Crippen LogP contribution in [-0.4, -0.2) is 48.9 Å². The van der Waals surface area contributed by atoms with Gasteiger partial charge in [0.1, 0.15) is 31.0 Å². The first-order valence-electron chi connectivity index (χ1n) is 11.9. The number of imidazole rings is 1. The van der Waals surface area contributed by atoms with E-state index in [0.717, 1.165) is 22.9 Å². The predicted octanol–water partition coefficient (Wildman–Crippen LogP) is 5.37. The summed E-state index contributed by atoms with van der Waals surface area (Å²) in [7, 11) is 0.196. The number of hydrogen-bond donors (Lipinski definition) is 0. The monoisotopic (exact) mass is 506 g/mol. The summed E-state index contributed by atoms with van der Waals surface area (Å²) in [5.74, 6) is 0.993. The molecular formula is C27H34N4O4Si. The van der Waals surface area contributed by atoms with Crippen molar-refractivity contribution < 1.29 is 19.0 Å².